The van der Waals surface area contributed by atoms with Gasteiger partial charge in [0.15, 0.2) is 0 Å². The average molecular weight is 379 g/mol. The highest BCUT2D eigenvalue weighted by molar-refractivity contribution is 7.89. The van der Waals surface area contributed by atoms with Crippen LogP contribution in [0, 0.1) is 0 Å². The van der Waals surface area contributed by atoms with Crippen LogP contribution in [0.1, 0.15) is 48.4 Å². The van der Waals surface area contributed by atoms with Gasteiger partial charge in [0, 0.05) is 18.7 Å². The summed E-state index contributed by atoms with van der Waals surface area (Å²) in [6, 6.07) is 5.23. The fraction of sp³-hybridized carbons (Fsp3) is 0.438. The number of aromatic amines is 2. The maximum Gasteiger partial charge on any atom is 0.340 e. The molecule has 2 heterocycles. The van der Waals surface area contributed by atoms with Crippen LogP contribution in [0.3, 0.4) is 0 Å². The number of carbonyl (C=O) groups is 1. The molecule has 3 rings (SSSR count). The fourth-order valence-electron chi connectivity index (χ4n) is 2.92. The summed E-state index contributed by atoms with van der Waals surface area (Å²) in [6.07, 6.45) is 3.03. The van der Waals surface area contributed by atoms with Gasteiger partial charge in [0.2, 0.25) is 10.0 Å². The zero-order valence-electron chi connectivity index (χ0n) is 14.4. The summed E-state index contributed by atoms with van der Waals surface area (Å²) in [4.78, 5) is 27.8. The van der Waals surface area contributed by atoms with Crippen LogP contribution in [0.5, 0.6) is 0 Å². The molecule has 3 N–H and O–H groups in total. The van der Waals surface area contributed by atoms with Gasteiger partial charge in [0.25, 0.3) is 5.91 Å². The Balaban J connectivity index is 1.79. The highest BCUT2D eigenvalue weighted by Crippen LogP contribution is 2.18. The first kappa shape index (κ1) is 18.3. The molecule has 1 saturated heterocycles. The SMILES string of the molecule is C[C@H](NS(=O)(=O)c1cccc(C(=O)N2CCCCC2)c1)c1n[nH]c(=O)[nH]1. The number of rotatable bonds is 5. The van der Waals surface area contributed by atoms with Gasteiger partial charge in [0.1, 0.15) is 5.82 Å². The third kappa shape index (κ3) is 4.02. The number of carbonyl (C=O) groups excluding carboxylic acids is 1. The van der Waals surface area contributed by atoms with E-state index in [1.54, 1.807) is 24.0 Å². The summed E-state index contributed by atoms with van der Waals surface area (Å²) in [7, 11) is -3.88. The van der Waals surface area contributed by atoms with Crippen LogP contribution in [-0.4, -0.2) is 47.5 Å². The monoisotopic (exact) mass is 379 g/mol. The van der Waals surface area contributed by atoms with E-state index in [0.29, 0.717) is 18.7 Å². The molecule has 26 heavy (non-hydrogen) atoms. The van der Waals surface area contributed by atoms with Crippen LogP contribution in [0.15, 0.2) is 34.0 Å². The van der Waals surface area contributed by atoms with Crippen molar-refractivity contribution in [3.8, 4) is 0 Å². The lowest BCUT2D eigenvalue weighted by atomic mass is 10.1. The Morgan fingerprint density at radius 3 is 2.65 bits per heavy atom. The van der Waals surface area contributed by atoms with Crippen molar-refractivity contribution in [1.29, 1.82) is 0 Å². The van der Waals surface area contributed by atoms with E-state index in [4.69, 9.17) is 0 Å². The molecule has 1 aromatic carbocycles. The second-order valence-corrected chi connectivity index (χ2v) is 8.00. The highest BCUT2D eigenvalue weighted by Gasteiger charge is 2.23. The largest absolute Gasteiger partial charge is 0.340 e. The highest BCUT2D eigenvalue weighted by atomic mass is 32.2. The zero-order chi connectivity index (χ0) is 18.7. The summed E-state index contributed by atoms with van der Waals surface area (Å²) in [5.74, 6) is 0.0190. The molecule has 2 aromatic rings. The molecule has 0 bridgehead atoms. The molecule has 1 aromatic heterocycles. The third-order valence-corrected chi connectivity index (χ3v) is 5.83. The summed E-state index contributed by atoms with van der Waals surface area (Å²) in [5.41, 5.74) is -0.171. The van der Waals surface area contributed by atoms with Gasteiger partial charge in [-0.25, -0.2) is 23.0 Å². The first-order valence-corrected chi connectivity index (χ1v) is 9.91. The van der Waals surface area contributed by atoms with Gasteiger partial charge in [-0.05, 0) is 44.4 Å². The number of hydrogen-bond acceptors (Lipinski definition) is 5. The van der Waals surface area contributed by atoms with E-state index in [2.05, 4.69) is 19.9 Å². The molecule has 0 aliphatic carbocycles. The van der Waals surface area contributed by atoms with Crippen molar-refractivity contribution in [3.63, 3.8) is 0 Å². The van der Waals surface area contributed by atoms with E-state index in [-0.39, 0.29) is 16.6 Å². The van der Waals surface area contributed by atoms with Crippen molar-refractivity contribution in [1.82, 2.24) is 24.8 Å². The Labute approximate surface area is 150 Å². The predicted octanol–water partition coefficient (Wildman–Crippen LogP) is 0.764. The average Bonchev–Trinajstić information content (AvgIpc) is 3.08. The first-order valence-electron chi connectivity index (χ1n) is 8.43. The van der Waals surface area contributed by atoms with Crippen molar-refractivity contribution in [2.75, 3.05) is 13.1 Å². The molecular weight excluding hydrogens is 358 g/mol. The van der Waals surface area contributed by atoms with Gasteiger partial charge in [-0.2, -0.15) is 5.10 Å². The quantitative estimate of drug-likeness (QED) is 0.707. The van der Waals surface area contributed by atoms with Crippen LogP contribution >= 0.6 is 0 Å². The molecule has 0 spiro atoms. The summed E-state index contributed by atoms with van der Waals surface area (Å²) >= 11 is 0. The third-order valence-electron chi connectivity index (χ3n) is 4.30. The summed E-state index contributed by atoms with van der Waals surface area (Å²) < 4.78 is 27.7. The number of benzene rings is 1. The number of H-pyrrole nitrogens is 2. The Kier molecular flexibility index (Phi) is 5.23. The zero-order valence-corrected chi connectivity index (χ0v) is 15.2. The van der Waals surface area contributed by atoms with E-state index in [1.807, 2.05) is 0 Å². The topological polar surface area (TPSA) is 128 Å². The van der Waals surface area contributed by atoms with Crippen molar-refractivity contribution in [2.45, 2.75) is 37.1 Å². The van der Waals surface area contributed by atoms with Gasteiger partial charge in [-0.3, -0.25) is 9.78 Å². The van der Waals surface area contributed by atoms with Gasteiger partial charge < -0.3 is 4.90 Å². The number of nitrogens with zero attached hydrogens (tertiary/aromatic N) is 2. The van der Waals surface area contributed by atoms with E-state index in [9.17, 15) is 18.0 Å². The van der Waals surface area contributed by atoms with E-state index < -0.39 is 21.8 Å². The Hall–Kier alpha value is -2.46. The Morgan fingerprint density at radius 1 is 1.27 bits per heavy atom. The minimum absolute atomic E-state index is 0.00917. The molecule has 0 saturated carbocycles. The number of hydrogen-bond donors (Lipinski definition) is 3. The second-order valence-electron chi connectivity index (χ2n) is 6.29. The number of likely N-dealkylation sites (tertiary alicyclic amines) is 1. The lowest BCUT2D eigenvalue weighted by molar-refractivity contribution is 0.0724. The molecule has 9 nitrogen and oxygen atoms in total. The van der Waals surface area contributed by atoms with Crippen molar-refractivity contribution >= 4 is 15.9 Å². The minimum atomic E-state index is -3.88. The molecule has 1 aliphatic heterocycles. The van der Waals surface area contributed by atoms with Crippen molar-refractivity contribution in [2.24, 2.45) is 0 Å². The molecular formula is C16H21N5O4S. The van der Waals surface area contributed by atoms with Crippen LogP contribution < -0.4 is 10.4 Å². The smallest absolute Gasteiger partial charge is 0.339 e. The standard InChI is InChI=1S/C16H21N5O4S/c1-11(14-17-16(23)19-18-14)20-26(24,25)13-7-5-6-12(10-13)15(22)21-8-3-2-4-9-21/h5-7,10-11,20H,2-4,8-9H2,1H3,(H2,17,18,19,23)/t11-/m0/s1. The van der Waals surface area contributed by atoms with Crippen LogP contribution in [0.4, 0.5) is 0 Å². The lowest BCUT2D eigenvalue weighted by Crippen LogP contribution is -2.35. The van der Waals surface area contributed by atoms with E-state index >= 15 is 0 Å². The Morgan fingerprint density at radius 2 is 2.00 bits per heavy atom. The van der Waals surface area contributed by atoms with Gasteiger partial charge in [0.05, 0.1) is 10.9 Å². The number of aromatic nitrogens is 3. The molecule has 10 heteroatoms. The maximum atomic E-state index is 12.6. The fourth-order valence-corrected chi connectivity index (χ4v) is 4.17. The Bertz CT molecular complexity index is 943. The van der Waals surface area contributed by atoms with Crippen molar-refractivity contribution < 1.29 is 13.2 Å². The summed E-state index contributed by atoms with van der Waals surface area (Å²) in [5, 5.41) is 5.91. The maximum absolute atomic E-state index is 12.6. The van der Waals surface area contributed by atoms with Crippen LogP contribution in [0.2, 0.25) is 0 Å². The summed E-state index contributed by atoms with van der Waals surface area (Å²) in [6.45, 7) is 2.95. The molecule has 0 unspecified atom stereocenters. The molecule has 1 atom stereocenters. The first-order chi connectivity index (χ1) is 12.4. The number of amides is 1. The molecule has 0 radical (unpaired) electrons. The van der Waals surface area contributed by atoms with E-state index in [1.165, 1.54) is 12.1 Å². The van der Waals surface area contributed by atoms with Gasteiger partial charge in [-0.1, -0.05) is 6.07 Å². The predicted molar refractivity (Wildman–Crippen MR) is 94.1 cm³/mol. The molecule has 1 fully saturated rings. The van der Waals surface area contributed by atoms with E-state index in [0.717, 1.165) is 19.3 Å². The van der Waals surface area contributed by atoms with Crippen LogP contribution in [0.25, 0.3) is 0 Å². The molecule has 140 valence electrons. The second kappa shape index (κ2) is 7.42. The molecule has 1 aliphatic rings. The minimum Gasteiger partial charge on any atom is -0.339 e. The lowest BCUT2D eigenvalue weighted by Gasteiger charge is -2.26. The van der Waals surface area contributed by atoms with Gasteiger partial charge >= 0.3 is 5.69 Å². The number of piperidine rings is 1. The normalized spacial score (nSPS) is 16.4. The number of nitrogens with one attached hydrogen (secondary N) is 3. The van der Waals surface area contributed by atoms with Crippen molar-refractivity contribution in [3.05, 3.63) is 46.1 Å². The number of sulfonamides is 1. The molecule has 1 amide bonds. The van der Waals surface area contributed by atoms with Gasteiger partial charge in [-0.15, -0.1) is 0 Å². The van der Waals surface area contributed by atoms with Crippen LogP contribution in [-0.2, 0) is 10.0 Å².